The number of thiophene rings is 1. The molecule has 0 saturated heterocycles. The lowest BCUT2D eigenvalue weighted by atomic mass is 9.96. The normalized spacial score (nSPS) is 14.4. The lowest BCUT2D eigenvalue weighted by Gasteiger charge is -2.11. The molecule has 0 unspecified atom stereocenters. The Hall–Kier alpha value is -2.98. The van der Waals surface area contributed by atoms with Crippen LogP contribution in [0.15, 0.2) is 71.7 Å². The van der Waals surface area contributed by atoms with Gasteiger partial charge in [0, 0.05) is 16.8 Å². The maximum atomic E-state index is 13.2. The molecule has 1 amide bonds. The maximum absolute atomic E-state index is 13.2. The zero-order chi connectivity index (χ0) is 20.6. The van der Waals surface area contributed by atoms with Crippen LogP contribution in [0.1, 0.15) is 52.0 Å². The molecule has 4 heteroatoms. The van der Waals surface area contributed by atoms with Crippen molar-refractivity contribution in [3.05, 3.63) is 88.3 Å². The second kappa shape index (κ2) is 10.2. The van der Waals surface area contributed by atoms with E-state index < -0.39 is 0 Å². The number of hydrogen-bond donors (Lipinski definition) is 1. The molecule has 0 spiro atoms. The molecule has 0 radical (unpaired) electrons. The first kappa shape index (κ1) is 20.3. The van der Waals surface area contributed by atoms with Crippen LogP contribution in [-0.4, -0.2) is 12.1 Å². The topological polar surface area (TPSA) is 41.5 Å². The molecule has 4 rings (SSSR count). The van der Waals surface area contributed by atoms with Crippen LogP contribution in [0.2, 0.25) is 0 Å². The second-order valence-corrected chi connectivity index (χ2v) is 8.55. The van der Waals surface area contributed by atoms with E-state index in [0.717, 1.165) is 41.1 Å². The maximum Gasteiger partial charge on any atom is 0.259 e. The SMILES string of the molecule is O=C(Nc1ccccc1)c1c(N=C/C=C/c2ccccc2)sc2c1CCCCCC2. The Kier molecular flexibility index (Phi) is 6.88. The highest BCUT2D eigenvalue weighted by Crippen LogP contribution is 2.39. The second-order valence-electron chi connectivity index (χ2n) is 7.47. The molecule has 3 nitrogen and oxygen atoms in total. The summed E-state index contributed by atoms with van der Waals surface area (Å²) in [7, 11) is 0. The number of allylic oxidation sites excluding steroid dienone is 1. The molecule has 0 fully saturated rings. The van der Waals surface area contributed by atoms with Crippen molar-refractivity contribution in [1.29, 1.82) is 0 Å². The fourth-order valence-electron chi connectivity index (χ4n) is 3.77. The Morgan fingerprint density at radius 3 is 2.37 bits per heavy atom. The Morgan fingerprint density at radius 1 is 0.900 bits per heavy atom. The van der Waals surface area contributed by atoms with Gasteiger partial charge in [-0.1, -0.05) is 67.4 Å². The standard InChI is InChI=1S/C26H26N2OS/c29-25(28-21-15-7-4-8-16-21)24-22-17-9-1-2-10-18-23(22)30-26(24)27-19-11-14-20-12-5-3-6-13-20/h3-8,11-16,19H,1-2,9-10,17-18H2,(H,28,29)/b14-11+,27-19?. The Labute approximate surface area is 182 Å². The smallest absolute Gasteiger partial charge is 0.259 e. The fraction of sp³-hybridized carbons (Fsp3) is 0.231. The molecule has 1 aliphatic carbocycles. The third-order valence-corrected chi connectivity index (χ3v) is 6.48. The lowest BCUT2D eigenvalue weighted by molar-refractivity contribution is 0.102. The molecular weight excluding hydrogens is 388 g/mol. The van der Waals surface area contributed by atoms with Crippen molar-refractivity contribution in [2.24, 2.45) is 4.99 Å². The van der Waals surface area contributed by atoms with Crippen molar-refractivity contribution in [2.45, 2.75) is 38.5 Å². The van der Waals surface area contributed by atoms with Crippen molar-refractivity contribution < 1.29 is 4.79 Å². The minimum Gasteiger partial charge on any atom is -0.322 e. The summed E-state index contributed by atoms with van der Waals surface area (Å²) in [5.41, 5.74) is 3.90. The van der Waals surface area contributed by atoms with Crippen LogP contribution < -0.4 is 5.32 Å². The van der Waals surface area contributed by atoms with Crippen LogP contribution in [-0.2, 0) is 12.8 Å². The minimum atomic E-state index is -0.0570. The summed E-state index contributed by atoms with van der Waals surface area (Å²) in [6.07, 6.45) is 12.6. The minimum absolute atomic E-state index is 0.0570. The van der Waals surface area contributed by atoms with Crippen molar-refractivity contribution in [1.82, 2.24) is 0 Å². The molecule has 0 atom stereocenters. The summed E-state index contributed by atoms with van der Waals surface area (Å²) >= 11 is 1.68. The van der Waals surface area contributed by atoms with Crippen molar-refractivity contribution >= 4 is 40.2 Å². The van der Waals surface area contributed by atoms with Gasteiger partial charge in [0.25, 0.3) is 5.91 Å². The first-order valence-corrected chi connectivity index (χ1v) is 11.4. The first-order valence-electron chi connectivity index (χ1n) is 10.6. The zero-order valence-electron chi connectivity index (χ0n) is 17.0. The third kappa shape index (κ3) is 5.14. The number of rotatable bonds is 5. The number of anilines is 1. The monoisotopic (exact) mass is 414 g/mol. The molecule has 1 N–H and O–H groups in total. The number of carbonyl (C=O) groups is 1. The van der Waals surface area contributed by atoms with Crippen LogP contribution in [0.5, 0.6) is 0 Å². The van der Waals surface area contributed by atoms with E-state index in [1.807, 2.05) is 60.7 Å². The highest BCUT2D eigenvalue weighted by Gasteiger charge is 2.24. The van der Waals surface area contributed by atoms with Gasteiger partial charge in [-0.25, -0.2) is 4.99 Å². The number of aryl methyl sites for hydroxylation is 1. The number of aliphatic imine (C=N–C) groups is 1. The van der Waals surface area contributed by atoms with E-state index in [1.165, 1.54) is 29.7 Å². The predicted molar refractivity (Wildman–Crippen MR) is 128 cm³/mol. The van der Waals surface area contributed by atoms with Crippen molar-refractivity contribution in [3.8, 4) is 0 Å². The van der Waals surface area contributed by atoms with Crippen LogP contribution >= 0.6 is 11.3 Å². The number of carbonyl (C=O) groups excluding carboxylic acids is 1. The van der Waals surface area contributed by atoms with Gasteiger partial charge >= 0.3 is 0 Å². The quantitative estimate of drug-likeness (QED) is 0.445. The molecule has 0 bridgehead atoms. The van der Waals surface area contributed by atoms with Gasteiger partial charge in [0.05, 0.1) is 5.56 Å². The highest BCUT2D eigenvalue weighted by molar-refractivity contribution is 7.16. The third-order valence-electron chi connectivity index (χ3n) is 5.28. The number of nitrogens with one attached hydrogen (secondary N) is 1. The van der Waals surface area contributed by atoms with E-state index in [1.54, 1.807) is 17.6 Å². The summed E-state index contributed by atoms with van der Waals surface area (Å²) in [4.78, 5) is 19.2. The largest absolute Gasteiger partial charge is 0.322 e. The molecule has 1 heterocycles. The Bertz CT molecular complexity index is 1040. The number of fused-ring (bicyclic) bond motifs is 1. The van der Waals surface area contributed by atoms with E-state index in [-0.39, 0.29) is 5.91 Å². The number of amides is 1. The zero-order valence-corrected chi connectivity index (χ0v) is 17.8. The van der Waals surface area contributed by atoms with Gasteiger partial charge in [0.15, 0.2) is 0 Å². The number of para-hydroxylation sites is 1. The molecule has 2 aromatic carbocycles. The summed E-state index contributed by atoms with van der Waals surface area (Å²) < 4.78 is 0. The van der Waals surface area contributed by atoms with Crippen molar-refractivity contribution in [2.75, 3.05) is 5.32 Å². The van der Waals surface area contributed by atoms with Crippen molar-refractivity contribution in [3.63, 3.8) is 0 Å². The molecule has 1 aromatic heterocycles. The van der Waals surface area contributed by atoms with Gasteiger partial charge in [0.1, 0.15) is 5.00 Å². The molecule has 152 valence electrons. The van der Waals surface area contributed by atoms with E-state index in [0.29, 0.717) is 0 Å². The molecule has 0 saturated carbocycles. The number of benzene rings is 2. The lowest BCUT2D eigenvalue weighted by Crippen LogP contribution is -2.14. The van der Waals surface area contributed by atoms with Crippen LogP contribution in [0.4, 0.5) is 10.7 Å². The van der Waals surface area contributed by atoms with E-state index in [9.17, 15) is 4.79 Å². The molecular formula is C26H26N2OS. The number of hydrogen-bond acceptors (Lipinski definition) is 3. The van der Waals surface area contributed by atoms with E-state index in [4.69, 9.17) is 4.99 Å². The summed E-state index contributed by atoms with van der Waals surface area (Å²) in [5, 5.41) is 3.88. The Morgan fingerprint density at radius 2 is 1.60 bits per heavy atom. The van der Waals surface area contributed by atoms with Gasteiger partial charge in [-0.3, -0.25) is 4.79 Å². The van der Waals surface area contributed by atoms with Gasteiger partial charge in [-0.15, -0.1) is 11.3 Å². The summed E-state index contributed by atoms with van der Waals surface area (Å²) in [6.45, 7) is 0. The molecule has 30 heavy (non-hydrogen) atoms. The van der Waals surface area contributed by atoms with Gasteiger partial charge in [-0.2, -0.15) is 0 Å². The molecule has 1 aliphatic rings. The summed E-state index contributed by atoms with van der Waals surface area (Å²) in [5.74, 6) is -0.0570. The average Bonchev–Trinajstić information content (AvgIpc) is 3.09. The van der Waals surface area contributed by atoms with Gasteiger partial charge in [0.2, 0.25) is 0 Å². The fourth-order valence-corrected chi connectivity index (χ4v) is 5.01. The van der Waals surface area contributed by atoms with E-state index >= 15 is 0 Å². The molecule has 0 aliphatic heterocycles. The Balaban J connectivity index is 1.62. The van der Waals surface area contributed by atoms with Crippen LogP contribution in [0.3, 0.4) is 0 Å². The average molecular weight is 415 g/mol. The van der Waals surface area contributed by atoms with Gasteiger partial charge in [-0.05, 0) is 55.0 Å². The van der Waals surface area contributed by atoms with Gasteiger partial charge < -0.3 is 5.32 Å². The first-order chi connectivity index (χ1) is 14.8. The van der Waals surface area contributed by atoms with Crippen LogP contribution in [0.25, 0.3) is 6.08 Å². The van der Waals surface area contributed by atoms with Crippen LogP contribution in [0, 0.1) is 0 Å². The highest BCUT2D eigenvalue weighted by atomic mass is 32.1. The predicted octanol–water partition coefficient (Wildman–Crippen LogP) is 7.08. The summed E-state index contributed by atoms with van der Waals surface area (Å²) in [6, 6.07) is 19.8. The number of nitrogens with zero attached hydrogens (tertiary/aromatic N) is 1. The van der Waals surface area contributed by atoms with E-state index in [2.05, 4.69) is 17.4 Å². The molecule has 3 aromatic rings.